The van der Waals surface area contributed by atoms with Crippen LogP contribution in [0.5, 0.6) is 0 Å². The predicted molar refractivity (Wildman–Crippen MR) is 115 cm³/mol. The van der Waals surface area contributed by atoms with Gasteiger partial charge in [0.25, 0.3) is 0 Å². The fourth-order valence-corrected chi connectivity index (χ4v) is 5.55. The fraction of sp³-hybridized carbons (Fsp3) is 0.474. The van der Waals surface area contributed by atoms with E-state index in [0.29, 0.717) is 30.6 Å². The van der Waals surface area contributed by atoms with Gasteiger partial charge in [-0.05, 0) is 71.4 Å². The van der Waals surface area contributed by atoms with Crippen molar-refractivity contribution in [3.8, 4) is 17.2 Å². The number of nitrogens with one attached hydrogen (secondary N) is 1. The van der Waals surface area contributed by atoms with Crippen molar-refractivity contribution in [2.45, 2.75) is 51.0 Å². The molecule has 0 unspecified atom stereocenters. The molecule has 172 valence electrons. The van der Waals surface area contributed by atoms with E-state index in [1.165, 1.54) is 18.2 Å². The molecule has 0 aliphatic heterocycles. The zero-order valence-corrected chi connectivity index (χ0v) is 19.4. The van der Waals surface area contributed by atoms with Crippen molar-refractivity contribution in [3.63, 3.8) is 0 Å². The minimum Gasteiger partial charge on any atom is -0.295 e. The number of benzene rings is 1. The lowest BCUT2D eigenvalue weighted by Crippen LogP contribution is -2.34. The van der Waals surface area contributed by atoms with Crippen LogP contribution in [0.15, 0.2) is 36.6 Å². The molecule has 1 aromatic carbocycles. The summed E-state index contributed by atoms with van der Waals surface area (Å²) in [7, 11) is -3.33. The second kappa shape index (κ2) is 9.63. The number of nitrogens with zero attached hydrogens (tertiary/aromatic N) is 4. The van der Waals surface area contributed by atoms with Gasteiger partial charge in [0.15, 0.2) is 5.69 Å². The topological polar surface area (TPSA) is 133 Å². The highest BCUT2D eigenvalue weighted by molar-refractivity contribution is 9.10. The number of sulfonamides is 1. The molecule has 32 heavy (non-hydrogen) atoms. The highest BCUT2D eigenvalue weighted by atomic mass is 79.9. The lowest BCUT2D eigenvalue weighted by molar-refractivity contribution is 0.303. The van der Waals surface area contributed by atoms with Crippen molar-refractivity contribution in [2.75, 3.05) is 5.75 Å². The average Bonchev–Trinajstić information content (AvgIpc) is 3.48. The van der Waals surface area contributed by atoms with E-state index in [4.69, 9.17) is 9.15 Å². The summed E-state index contributed by atoms with van der Waals surface area (Å²) in [6.07, 6.45) is 5.18. The Morgan fingerprint density at radius 1 is 1.19 bits per heavy atom. The molecule has 0 amide bonds. The molecule has 3 aromatic rings. The first-order chi connectivity index (χ1) is 15.3. The molecular weight excluding hydrogens is 509 g/mol. The van der Waals surface area contributed by atoms with Gasteiger partial charge in [-0.3, -0.25) is 4.52 Å². The molecule has 4 rings (SSSR count). The summed E-state index contributed by atoms with van der Waals surface area (Å²) in [6, 6.07) is 4.05. The molecule has 0 bridgehead atoms. The minimum atomic E-state index is -3.33. The summed E-state index contributed by atoms with van der Waals surface area (Å²) in [5, 5.41) is 11.5. The number of hydrogen-bond acceptors (Lipinski definition) is 8. The highest BCUT2D eigenvalue weighted by Crippen LogP contribution is 2.25. The van der Waals surface area contributed by atoms with E-state index in [9.17, 15) is 17.6 Å². The van der Waals surface area contributed by atoms with Gasteiger partial charge in [0.2, 0.25) is 15.8 Å². The number of halogens is 2. The van der Waals surface area contributed by atoms with Crippen LogP contribution in [0.4, 0.5) is 4.39 Å². The normalized spacial score (nSPS) is 14.9. The molecule has 10 nitrogen and oxygen atoms in total. The third kappa shape index (κ3) is 5.15. The van der Waals surface area contributed by atoms with Crippen molar-refractivity contribution in [3.05, 3.63) is 44.7 Å². The van der Waals surface area contributed by atoms with Gasteiger partial charge in [-0.1, -0.05) is 23.2 Å². The van der Waals surface area contributed by atoms with Crippen molar-refractivity contribution in [1.82, 2.24) is 24.8 Å². The van der Waals surface area contributed by atoms with Crippen LogP contribution >= 0.6 is 15.9 Å². The lowest BCUT2D eigenvalue weighted by atomic mass is 10.1. The van der Waals surface area contributed by atoms with Crippen molar-refractivity contribution >= 4 is 26.0 Å². The van der Waals surface area contributed by atoms with E-state index < -0.39 is 21.6 Å². The third-order valence-electron chi connectivity index (χ3n) is 5.31. The zero-order chi connectivity index (χ0) is 22.7. The van der Waals surface area contributed by atoms with Crippen LogP contribution < -0.4 is 10.5 Å². The molecule has 2 aromatic heterocycles. The first kappa shape index (κ1) is 22.8. The molecule has 1 aliphatic rings. The second-order valence-electron chi connectivity index (χ2n) is 7.64. The van der Waals surface area contributed by atoms with E-state index in [1.54, 1.807) is 0 Å². The third-order valence-corrected chi connectivity index (χ3v) is 7.44. The SMILES string of the molecule is O=c1onc(-c2nonc2CCCCS(=O)(=O)NC2CCCC2)n1-c1ccc(F)c(Br)c1. The summed E-state index contributed by atoms with van der Waals surface area (Å²) in [6.45, 7) is 0. The molecule has 0 spiro atoms. The Balaban J connectivity index is 1.44. The Labute approximate surface area is 191 Å². The first-order valence-corrected chi connectivity index (χ1v) is 12.6. The quantitative estimate of drug-likeness (QED) is 0.418. The van der Waals surface area contributed by atoms with Gasteiger partial charge in [-0.2, -0.15) is 0 Å². The fourth-order valence-electron chi connectivity index (χ4n) is 3.73. The second-order valence-corrected chi connectivity index (χ2v) is 10.4. The molecule has 13 heteroatoms. The molecular formula is C19H21BrFN5O5S. The van der Waals surface area contributed by atoms with Crippen molar-refractivity contribution in [2.24, 2.45) is 0 Å². The Morgan fingerprint density at radius 3 is 2.72 bits per heavy atom. The lowest BCUT2D eigenvalue weighted by Gasteiger charge is -2.12. The minimum absolute atomic E-state index is 0.0163. The number of rotatable bonds is 9. The van der Waals surface area contributed by atoms with E-state index in [0.717, 1.165) is 30.3 Å². The van der Waals surface area contributed by atoms with Crippen LogP contribution in [0.3, 0.4) is 0 Å². The van der Waals surface area contributed by atoms with Gasteiger partial charge >= 0.3 is 5.76 Å². The van der Waals surface area contributed by atoms with Crippen molar-refractivity contribution < 1.29 is 22.0 Å². The van der Waals surface area contributed by atoms with Gasteiger partial charge in [-0.15, -0.1) is 0 Å². The zero-order valence-electron chi connectivity index (χ0n) is 17.0. The largest absolute Gasteiger partial charge is 0.446 e. The summed E-state index contributed by atoms with van der Waals surface area (Å²) in [5.41, 5.74) is 0.926. The van der Waals surface area contributed by atoms with Crippen LogP contribution in [-0.2, 0) is 16.4 Å². The summed E-state index contributed by atoms with van der Waals surface area (Å²) < 4.78 is 51.7. The molecule has 0 atom stereocenters. The van der Waals surface area contributed by atoms with Crippen LogP contribution in [0.1, 0.15) is 44.2 Å². The highest BCUT2D eigenvalue weighted by Gasteiger charge is 2.24. The van der Waals surface area contributed by atoms with Gasteiger partial charge in [0, 0.05) is 6.04 Å². The predicted octanol–water partition coefficient (Wildman–Crippen LogP) is 2.96. The molecule has 1 fully saturated rings. The van der Waals surface area contributed by atoms with Gasteiger partial charge in [0.05, 0.1) is 15.9 Å². The Morgan fingerprint density at radius 2 is 1.97 bits per heavy atom. The Kier molecular flexibility index (Phi) is 6.86. The number of aromatic nitrogens is 4. The Hall–Kier alpha value is -2.38. The maximum Gasteiger partial charge on any atom is 0.446 e. The average molecular weight is 530 g/mol. The number of hydrogen-bond donors (Lipinski definition) is 1. The molecule has 2 heterocycles. The molecule has 0 radical (unpaired) electrons. The summed E-state index contributed by atoms with van der Waals surface area (Å²) in [4.78, 5) is 12.2. The first-order valence-electron chi connectivity index (χ1n) is 10.2. The van der Waals surface area contributed by atoms with Gasteiger partial charge in [0.1, 0.15) is 11.5 Å². The van der Waals surface area contributed by atoms with E-state index in [2.05, 4.69) is 36.1 Å². The molecule has 0 saturated heterocycles. The summed E-state index contributed by atoms with van der Waals surface area (Å²) >= 11 is 3.09. The van der Waals surface area contributed by atoms with Crippen LogP contribution in [0.25, 0.3) is 17.2 Å². The number of unbranched alkanes of at least 4 members (excludes halogenated alkanes) is 1. The van der Waals surface area contributed by atoms with Gasteiger partial charge in [-0.25, -0.2) is 31.5 Å². The standard InChI is InChI=1S/C19H21BrFN5O5S/c20-14-11-13(8-9-15(14)21)26-18(24-30-19(26)27)17-16(22-31-23-17)7-3-4-10-32(28,29)25-12-5-1-2-6-12/h8-9,11-12,25H,1-7,10H2. The van der Waals surface area contributed by atoms with Gasteiger partial charge < -0.3 is 0 Å². The van der Waals surface area contributed by atoms with E-state index in [-0.39, 0.29) is 27.8 Å². The molecule has 1 saturated carbocycles. The van der Waals surface area contributed by atoms with E-state index in [1.807, 2.05) is 0 Å². The van der Waals surface area contributed by atoms with E-state index >= 15 is 0 Å². The van der Waals surface area contributed by atoms with Crippen LogP contribution in [-0.4, -0.2) is 40.2 Å². The Bertz CT molecular complexity index is 1250. The summed E-state index contributed by atoms with van der Waals surface area (Å²) in [5.74, 6) is -1.19. The monoisotopic (exact) mass is 529 g/mol. The van der Waals surface area contributed by atoms with Crippen LogP contribution in [0.2, 0.25) is 0 Å². The molecule has 1 N–H and O–H groups in total. The van der Waals surface area contributed by atoms with Crippen molar-refractivity contribution in [1.29, 1.82) is 0 Å². The molecule has 1 aliphatic carbocycles. The number of aryl methyl sites for hydroxylation is 1. The van der Waals surface area contributed by atoms with Crippen LogP contribution in [0, 0.1) is 5.82 Å². The smallest absolute Gasteiger partial charge is 0.295 e. The maximum atomic E-state index is 13.6. The maximum absolute atomic E-state index is 13.6.